The molecule has 194 valence electrons. The number of sulfone groups is 1. The van der Waals surface area contributed by atoms with Gasteiger partial charge >= 0.3 is 0 Å². The van der Waals surface area contributed by atoms with Crippen LogP contribution in [0.1, 0.15) is 66.9 Å². The van der Waals surface area contributed by atoms with Crippen LogP contribution >= 0.6 is 0 Å². The number of carbonyl (C=O) groups excluding carboxylic acids is 2. The van der Waals surface area contributed by atoms with Crippen LogP contribution in [0.3, 0.4) is 0 Å². The molecule has 0 saturated carbocycles. The van der Waals surface area contributed by atoms with Crippen LogP contribution in [0.4, 0.5) is 5.82 Å². The van der Waals surface area contributed by atoms with Gasteiger partial charge in [-0.05, 0) is 74.6 Å². The fraction of sp³-hybridized carbons (Fsp3) is 0.345. The molecule has 2 aromatic carbocycles. The van der Waals surface area contributed by atoms with Crippen LogP contribution in [0.2, 0.25) is 0 Å². The number of aryl methyl sites for hydroxylation is 1. The molecule has 0 bridgehead atoms. The molecule has 1 amide bonds. The largest absolute Gasteiger partial charge is 0.386 e. The lowest BCUT2D eigenvalue weighted by molar-refractivity contribution is -0.115. The predicted molar refractivity (Wildman–Crippen MR) is 142 cm³/mol. The smallest absolute Gasteiger partial charge is 0.229 e. The lowest BCUT2D eigenvalue weighted by atomic mass is 9.68. The summed E-state index contributed by atoms with van der Waals surface area (Å²) >= 11 is 0. The Morgan fingerprint density at radius 2 is 1.70 bits per heavy atom. The maximum atomic E-state index is 13.5. The molecule has 1 aromatic heterocycles. The van der Waals surface area contributed by atoms with Crippen LogP contribution in [0.25, 0.3) is 0 Å². The summed E-state index contributed by atoms with van der Waals surface area (Å²) in [4.78, 5) is 30.9. The number of ketones is 1. The third-order valence-electron chi connectivity index (χ3n) is 7.10. The normalized spacial score (nSPS) is 17.8. The summed E-state index contributed by atoms with van der Waals surface area (Å²) in [6, 6.07) is 17.2. The molecule has 37 heavy (non-hydrogen) atoms. The zero-order valence-electron chi connectivity index (χ0n) is 21.5. The number of benzene rings is 2. The van der Waals surface area contributed by atoms with Gasteiger partial charge in [-0.25, -0.2) is 13.4 Å². The number of pyridine rings is 1. The maximum Gasteiger partial charge on any atom is 0.229 e. The van der Waals surface area contributed by atoms with Crippen molar-refractivity contribution in [2.75, 3.05) is 11.1 Å². The van der Waals surface area contributed by atoms with Gasteiger partial charge in [-0.1, -0.05) is 43.3 Å². The summed E-state index contributed by atoms with van der Waals surface area (Å²) in [6.45, 7) is 6.98. The van der Waals surface area contributed by atoms with E-state index < -0.39 is 20.9 Å². The molecular formula is C29H32N2O5S. The van der Waals surface area contributed by atoms with E-state index in [2.05, 4.69) is 10.3 Å². The molecule has 7 nitrogen and oxygen atoms in total. The topological polar surface area (TPSA) is 113 Å². The van der Waals surface area contributed by atoms with Gasteiger partial charge in [0.15, 0.2) is 15.6 Å². The zero-order chi connectivity index (χ0) is 27.0. The average Bonchev–Trinajstić information content (AvgIpc) is 2.86. The van der Waals surface area contributed by atoms with Gasteiger partial charge in [-0.2, -0.15) is 0 Å². The minimum Gasteiger partial charge on any atom is -0.386 e. The molecule has 0 aliphatic heterocycles. The highest BCUT2D eigenvalue weighted by Crippen LogP contribution is 2.38. The van der Waals surface area contributed by atoms with Gasteiger partial charge in [-0.15, -0.1) is 0 Å². The van der Waals surface area contributed by atoms with E-state index in [1.54, 1.807) is 45.0 Å². The Bertz CT molecular complexity index is 1440. The first-order valence-corrected chi connectivity index (χ1v) is 14.0. The first-order chi connectivity index (χ1) is 17.3. The predicted octanol–water partition coefficient (Wildman–Crippen LogP) is 4.37. The van der Waals surface area contributed by atoms with Crippen LogP contribution in [-0.4, -0.2) is 36.0 Å². The number of Topliss-reactive ketones (excluding diaryl/α,β-unsaturated/α-hetero) is 1. The molecule has 0 spiro atoms. The Kier molecular flexibility index (Phi) is 7.10. The van der Waals surface area contributed by atoms with Crippen molar-refractivity contribution in [3.8, 4) is 0 Å². The third-order valence-corrected chi connectivity index (χ3v) is 8.86. The van der Waals surface area contributed by atoms with Crippen molar-refractivity contribution in [2.24, 2.45) is 0 Å². The number of nitrogens with zero attached hydrogens (tertiary/aromatic N) is 1. The molecule has 1 aliphatic rings. The molecule has 8 heteroatoms. The molecule has 0 saturated heterocycles. The Labute approximate surface area is 217 Å². The molecule has 0 radical (unpaired) electrons. The van der Waals surface area contributed by atoms with Gasteiger partial charge in [0.1, 0.15) is 5.82 Å². The minimum absolute atomic E-state index is 0.0164. The summed E-state index contributed by atoms with van der Waals surface area (Å²) in [5.74, 6) is 0.0989. The minimum atomic E-state index is -3.29. The highest BCUT2D eigenvalue weighted by molar-refractivity contribution is 7.91. The van der Waals surface area contributed by atoms with E-state index in [-0.39, 0.29) is 28.8 Å². The Balaban J connectivity index is 1.46. The SMILES string of the molecule is CCS(=O)(=O)c1ccc(CC(=O)Nc2ccc3c(n2)CCC(C)(c2ccc(C(C)(C)O)cc2)C3=O)cc1. The molecule has 3 aromatic rings. The summed E-state index contributed by atoms with van der Waals surface area (Å²) in [7, 11) is -3.29. The van der Waals surface area contributed by atoms with Crippen molar-refractivity contribution in [1.29, 1.82) is 0 Å². The number of aliphatic hydroxyl groups is 1. The van der Waals surface area contributed by atoms with E-state index in [0.717, 1.165) is 11.1 Å². The van der Waals surface area contributed by atoms with Gasteiger partial charge in [0.25, 0.3) is 0 Å². The molecule has 1 unspecified atom stereocenters. The first-order valence-electron chi connectivity index (χ1n) is 12.3. The number of nitrogens with one attached hydrogen (secondary N) is 1. The summed E-state index contributed by atoms with van der Waals surface area (Å²) in [5, 5.41) is 13.0. The zero-order valence-corrected chi connectivity index (χ0v) is 22.4. The van der Waals surface area contributed by atoms with Gasteiger partial charge in [-0.3, -0.25) is 9.59 Å². The highest BCUT2D eigenvalue weighted by atomic mass is 32.2. The van der Waals surface area contributed by atoms with Crippen LogP contribution in [-0.2, 0) is 38.5 Å². The van der Waals surface area contributed by atoms with Crippen LogP contribution in [0, 0.1) is 0 Å². The summed E-state index contributed by atoms with van der Waals surface area (Å²) < 4.78 is 23.9. The lowest BCUT2D eigenvalue weighted by Gasteiger charge is -2.34. The molecule has 4 rings (SSSR count). The molecule has 1 aliphatic carbocycles. The summed E-state index contributed by atoms with van der Waals surface area (Å²) in [6.07, 6.45) is 1.24. The second-order valence-corrected chi connectivity index (χ2v) is 12.5. The number of hydrogen-bond donors (Lipinski definition) is 2. The van der Waals surface area contributed by atoms with E-state index in [1.807, 2.05) is 31.2 Å². The van der Waals surface area contributed by atoms with Gasteiger partial charge < -0.3 is 10.4 Å². The van der Waals surface area contributed by atoms with Crippen molar-refractivity contribution >= 4 is 27.3 Å². The number of hydrogen-bond acceptors (Lipinski definition) is 6. The number of carbonyl (C=O) groups is 2. The van der Waals surface area contributed by atoms with Gasteiger partial charge in [0.2, 0.25) is 5.91 Å². The second kappa shape index (κ2) is 9.84. The molecule has 0 fully saturated rings. The van der Waals surface area contributed by atoms with Crippen LogP contribution in [0.5, 0.6) is 0 Å². The number of fused-ring (bicyclic) bond motifs is 1. The fourth-order valence-corrected chi connectivity index (χ4v) is 5.51. The number of rotatable bonds is 7. The second-order valence-electron chi connectivity index (χ2n) is 10.3. The Hall–Kier alpha value is -3.36. The van der Waals surface area contributed by atoms with Crippen molar-refractivity contribution in [3.05, 3.63) is 88.6 Å². The monoisotopic (exact) mass is 520 g/mol. The number of aromatic nitrogens is 1. The fourth-order valence-electron chi connectivity index (χ4n) is 4.62. The molecule has 1 atom stereocenters. The van der Waals surface area contributed by atoms with Crippen LogP contribution in [0.15, 0.2) is 65.6 Å². The van der Waals surface area contributed by atoms with Gasteiger partial charge in [0, 0.05) is 5.56 Å². The summed E-state index contributed by atoms with van der Waals surface area (Å²) in [5.41, 5.74) is 1.92. The van der Waals surface area contributed by atoms with E-state index in [1.165, 1.54) is 12.1 Å². The molecule has 1 heterocycles. The van der Waals surface area contributed by atoms with Gasteiger partial charge in [0.05, 0.1) is 33.8 Å². The van der Waals surface area contributed by atoms with Crippen LogP contribution < -0.4 is 5.32 Å². The first kappa shape index (κ1) is 26.7. The highest BCUT2D eigenvalue weighted by Gasteiger charge is 2.40. The standard InChI is InChI=1S/C29H32N2O5S/c1-5-37(35,36)22-12-6-19(7-13-22)18-26(32)31-25-15-14-23-24(30-25)16-17-29(4,27(23)33)21-10-8-20(9-11-21)28(2,3)34/h6-15,34H,5,16-18H2,1-4H3,(H,30,31,32). The van der Waals surface area contributed by atoms with Crippen molar-refractivity contribution < 1.29 is 23.1 Å². The van der Waals surface area contributed by atoms with Crippen molar-refractivity contribution in [1.82, 2.24) is 4.98 Å². The third kappa shape index (κ3) is 5.50. The number of amides is 1. The Morgan fingerprint density at radius 3 is 2.30 bits per heavy atom. The average molecular weight is 521 g/mol. The van der Waals surface area contributed by atoms with E-state index in [4.69, 9.17) is 0 Å². The van der Waals surface area contributed by atoms with Crippen molar-refractivity contribution in [2.45, 2.75) is 62.9 Å². The van der Waals surface area contributed by atoms with E-state index >= 15 is 0 Å². The van der Waals surface area contributed by atoms with Crippen molar-refractivity contribution in [3.63, 3.8) is 0 Å². The Morgan fingerprint density at radius 1 is 1.05 bits per heavy atom. The lowest BCUT2D eigenvalue weighted by Crippen LogP contribution is -2.38. The number of anilines is 1. The maximum absolute atomic E-state index is 13.5. The molecular weight excluding hydrogens is 488 g/mol. The molecule has 2 N–H and O–H groups in total. The quantitative estimate of drug-likeness (QED) is 0.478. The van der Waals surface area contributed by atoms with E-state index in [0.29, 0.717) is 35.5 Å². The van der Waals surface area contributed by atoms with E-state index in [9.17, 15) is 23.1 Å².